The molecule has 72 valence electrons. The minimum atomic E-state index is 0.530. The Bertz CT molecular complexity index is 499. The van der Waals surface area contributed by atoms with Gasteiger partial charge in [0.15, 0.2) is 5.65 Å². The van der Waals surface area contributed by atoms with Crippen LogP contribution in [0.2, 0.25) is 5.15 Å². The Morgan fingerprint density at radius 1 is 1.36 bits per heavy atom. The van der Waals surface area contributed by atoms with E-state index in [1.54, 1.807) is 6.07 Å². The number of halogens is 1. The molecule has 3 nitrogen and oxygen atoms in total. The minimum Gasteiger partial charge on any atom is -0.316 e. The first kappa shape index (κ1) is 8.24. The maximum Gasteiger partial charge on any atom is 0.161 e. The van der Waals surface area contributed by atoms with Gasteiger partial charge >= 0.3 is 0 Å². The Kier molecular flexibility index (Phi) is 1.59. The summed E-state index contributed by atoms with van der Waals surface area (Å²) in [6.07, 6.45) is 2.51. The maximum absolute atomic E-state index is 5.84. The molecule has 1 aliphatic rings. The Hall–Kier alpha value is -1.09. The first-order valence-corrected chi connectivity index (χ1v) is 5.12. The van der Waals surface area contributed by atoms with E-state index in [0.717, 1.165) is 17.0 Å². The van der Waals surface area contributed by atoms with Crippen LogP contribution in [0.25, 0.3) is 11.2 Å². The third-order valence-corrected chi connectivity index (χ3v) is 2.87. The van der Waals surface area contributed by atoms with Crippen LogP contribution in [-0.2, 0) is 7.05 Å². The normalized spacial score (nSPS) is 16.4. The second kappa shape index (κ2) is 2.70. The van der Waals surface area contributed by atoms with Crippen molar-refractivity contribution in [3.63, 3.8) is 0 Å². The van der Waals surface area contributed by atoms with E-state index in [9.17, 15) is 0 Å². The summed E-state index contributed by atoms with van der Waals surface area (Å²) in [6, 6.07) is 3.71. The van der Waals surface area contributed by atoms with Gasteiger partial charge in [-0.2, -0.15) is 0 Å². The molecule has 1 aliphatic carbocycles. The van der Waals surface area contributed by atoms with E-state index in [-0.39, 0.29) is 0 Å². The number of nitrogens with zero attached hydrogens (tertiary/aromatic N) is 3. The molecule has 0 radical (unpaired) electrons. The number of hydrogen-bond donors (Lipinski definition) is 0. The van der Waals surface area contributed by atoms with E-state index in [4.69, 9.17) is 11.6 Å². The molecule has 0 N–H and O–H groups in total. The molecule has 1 saturated carbocycles. The van der Waals surface area contributed by atoms with Crippen molar-refractivity contribution < 1.29 is 0 Å². The van der Waals surface area contributed by atoms with Gasteiger partial charge < -0.3 is 4.57 Å². The summed E-state index contributed by atoms with van der Waals surface area (Å²) >= 11 is 5.84. The SMILES string of the molecule is Cn1c(C2CC2)nc2ccc(Cl)nc21. The van der Waals surface area contributed by atoms with Crippen LogP contribution in [-0.4, -0.2) is 14.5 Å². The highest BCUT2D eigenvalue weighted by Gasteiger charge is 2.28. The van der Waals surface area contributed by atoms with E-state index < -0.39 is 0 Å². The highest BCUT2D eigenvalue weighted by atomic mass is 35.5. The third-order valence-electron chi connectivity index (χ3n) is 2.66. The number of pyridine rings is 1. The van der Waals surface area contributed by atoms with Gasteiger partial charge in [-0.1, -0.05) is 11.6 Å². The molecule has 3 rings (SSSR count). The second-order valence-corrected chi connectivity index (χ2v) is 4.17. The molecular formula is C10H10ClN3. The summed E-state index contributed by atoms with van der Waals surface area (Å²) in [5, 5.41) is 0.530. The van der Waals surface area contributed by atoms with Crippen molar-refractivity contribution in [1.29, 1.82) is 0 Å². The van der Waals surface area contributed by atoms with Crippen LogP contribution < -0.4 is 0 Å². The lowest BCUT2D eigenvalue weighted by Crippen LogP contribution is -1.96. The zero-order chi connectivity index (χ0) is 9.71. The van der Waals surface area contributed by atoms with Crippen molar-refractivity contribution in [3.05, 3.63) is 23.1 Å². The average Bonchev–Trinajstić information content (AvgIpc) is 2.95. The number of imidazole rings is 1. The molecule has 1 fully saturated rings. The van der Waals surface area contributed by atoms with E-state index >= 15 is 0 Å². The molecule has 14 heavy (non-hydrogen) atoms. The van der Waals surface area contributed by atoms with Crippen molar-refractivity contribution in [2.24, 2.45) is 7.05 Å². The summed E-state index contributed by atoms with van der Waals surface area (Å²) in [6.45, 7) is 0. The number of hydrogen-bond acceptors (Lipinski definition) is 2. The van der Waals surface area contributed by atoms with E-state index in [1.807, 2.05) is 13.1 Å². The Labute approximate surface area is 86.7 Å². The number of fused-ring (bicyclic) bond motifs is 1. The smallest absolute Gasteiger partial charge is 0.161 e. The summed E-state index contributed by atoms with van der Waals surface area (Å²) in [5.74, 6) is 1.79. The van der Waals surface area contributed by atoms with Crippen LogP contribution in [0.5, 0.6) is 0 Å². The molecule has 0 aliphatic heterocycles. The molecule has 0 spiro atoms. The first-order valence-electron chi connectivity index (χ1n) is 4.74. The molecule has 2 aromatic rings. The predicted molar refractivity (Wildman–Crippen MR) is 55.5 cm³/mol. The molecule has 0 atom stereocenters. The van der Waals surface area contributed by atoms with Crippen LogP contribution in [0.3, 0.4) is 0 Å². The summed E-state index contributed by atoms with van der Waals surface area (Å²) in [7, 11) is 2.01. The molecule has 0 unspecified atom stereocenters. The maximum atomic E-state index is 5.84. The van der Waals surface area contributed by atoms with Crippen LogP contribution in [0.15, 0.2) is 12.1 Å². The minimum absolute atomic E-state index is 0.530. The van der Waals surface area contributed by atoms with Gasteiger partial charge in [-0.15, -0.1) is 0 Å². The number of aryl methyl sites for hydroxylation is 1. The van der Waals surface area contributed by atoms with Crippen LogP contribution in [0.1, 0.15) is 24.6 Å². The van der Waals surface area contributed by atoms with Gasteiger partial charge in [0.05, 0.1) is 0 Å². The van der Waals surface area contributed by atoms with Gasteiger partial charge in [0.25, 0.3) is 0 Å². The molecule has 0 aromatic carbocycles. The molecule has 2 aromatic heterocycles. The van der Waals surface area contributed by atoms with Crippen molar-refractivity contribution in [1.82, 2.24) is 14.5 Å². The predicted octanol–water partition coefficient (Wildman–Crippen LogP) is 2.50. The highest BCUT2D eigenvalue weighted by Crippen LogP contribution is 2.40. The summed E-state index contributed by atoms with van der Waals surface area (Å²) < 4.78 is 2.05. The van der Waals surface area contributed by atoms with Crippen molar-refractivity contribution in [3.8, 4) is 0 Å². The fourth-order valence-corrected chi connectivity index (χ4v) is 1.91. The Morgan fingerprint density at radius 3 is 2.86 bits per heavy atom. The zero-order valence-electron chi connectivity index (χ0n) is 7.87. The van der Waals surface area contributed by atoms with Crippen molar-refractivity contribution >= 4 is 22.8 Å². The largest absolute Gasteiger partial charge is 0.316 e. The van der Waals surface area contributed by atoms with E-state index in [1.165, 1.54) is 12.8 Å². The second-order valence-electron chi connectivity index (χ2n) is 3.78. The molecular weight excluding hydrogens is 198 g/mol. The third kappa shape index (κ3) is 1.12. The van der Waals surface area contributed by atoms with Gasteiger partial charge in [-0.25, -0.2) is 9.97 Å². The molecule has 2 heterocycles. The van der Waals surface area contributed by atoms with E-state index in [2.05, 4.69) is 14.5 Å². The van der Waals surface area contributed by atoms with Crippen LogP contribution in [0, 0.1) is 0 Å². The molecule has 0 saturated heterocycles. The summed E-state index contributed by atoms with van der Waals surface area (Å²) in [4.78, 5) is 8.83. The molecule has 0 bridgehead atoms. The Morgan fingerprint density at radius 2 is 2.14 bits per heavy atom. The van der Waals surface area contributed by atoms with Crippen LogP contribution >= 0.6 is 11.6 Å². The van der Waals surface area contributed by atoms with Gasteiger partial charge in [-0.3, -0.25) is 0 Å². The monoisotopic (exact) mass is 207 g/mol. The fraction of sp³-hybridized carbons (Fsp3) is 0.400. The number of rotatable bonds is 1. The number of aromatic nitrogens is 3. The van der Waals surface area contributed by atoms with Gasteiger partial charge in [0.2, 0.25) is 0 Å². The van der Waals surface area contributed by atoms with Crippen molar-refractivity contribution in [2.45, 2.75) is 18.8 Å². The Balaban J connectivity index is 2.29. The van der Waals surface area contributed by atoms with Crippen molar-refractivity contribution in [2.75, 3.05) is 0 Å². The van der Waals surface area contributed by atoms with Gasteiger partial charge in [0.1, 0.15) is 16.5 Å². The fourth-order valence-electron chi connectivity index (χ4n) is 1.77. The van der Waals surface area contributed by atoms with Gasteiger partial charge in [0, 0.05) is 13.0 Å². The first-order chi connectivity index (χ1) is 6.75. The lowest BCUT2D eigenvalue weighted by Gasteiger charge is -1.98. The summed E-state index contributed by atoms with van der Waals surface area (Å²) in [5.41, 5.74) is 1.83. The standard InChI is InChI=1S/C10H10ClN3/c1-14-9(6-2-3-6)12-7-4-5-8(11)13-10(7)14/h4-6H,2-3H2,1H3. The molecule has 4 heteroatoms. The topological polar surface area (TPSA) is 30.7 Å². The highest BCUT2D eigenvalue weighted by molar-refractivity contribution is 6.29. The van der Waals surface area contributed by atoms with E-state index in [0.29, 0.717) is 11.1 Å². The zero-order valence-corrected chi connectivity index (χ0v) is 8.62. The quantitative estimate of drug-likeness (QED) is 0.673. The average molecular weight is 208 g/mol. The lowest BCUT2D eigenvalue weighted by atomic mass is 10.4. The van der Waals surface area contributed by atoms with Crippen LogP contribution in [0.4, 0.5) is 0 Å². The van der Waals surface area contributed by atoms with Gasteiger partial charge in [-0.05, 0) is 25.0 Å². The lowest BCUT2D eigenvalue weighted by molar-refractivity contribution is 0.812. The molecule has 0 amide bonds.